The molecule has 0 aliphatic heterocycles. The Morgan fingerprint density at radius 3 is 2.65 bits per heavy atom. The average molecular weight is 276 g/mol. The van der Waals surface area contributed by atoms with Gasteiger partial charge in [-0.3, -0.25) is 0 Å². The van der Waals surface area contributed by atoms with Crippen molar-refractivity contribution in [3.63, 3.8) is 0 Å². The highest BCUT2D eigenvalue weighted by Crippen LogP contribution is 2.37. The Balaban J connectivity index is 0.00000108. The molecule has 1 aliphatic rings. The number of nitrogens with two attached hydrogens (primary N) is 1. The van der Waals surface area contributed by atoms with Gasteiger partial charge in [0.05, 0.1) is 5.54 Å². The third-order valence-corrected chi connectivity index (χ3v) is 3.10. The van der Waals surface area contributed by atoms with E-state index >= 15 is 0 Å². The molecule has 0 saturated heterocycles. The van der Waals surface area contributed by atoms with Gasteiger partial charge in [0, 0.05) is 0 Å². The summed E-state index contributed by atoms with van der Waals surface area (Å²) in [6.07, 6.45) is 2.89. The van der Waals surface area contributed by atoms with Crippen LogP contribution in [0.1, 0.15) is 25.1 Å². The molecular weight excluding hydrogens is 265 g/mol. The molecular formula is C10H11Cl2N3O2. The summed E-state index contributed by atoms with van der Waals surface area (Å²) >= 11 is 5.66. The number of furan rings is 1. The first kappa shape index (κ1) is 12.4. The third-order valence-electron chi connectivity index (χ3n) is 2.90. The van der Waals surface area contributed by atoms with E-state index in [1.165, 1.54) is 0 Å². The van der Waals surface area contributed by atoms with Crippen LogP contribution >= 0.6 is 24.0 Å². The SMILES string of the molecule is Cl.NC1(c2noc(-c3ccc(Cl)o3)n2)CCC1. The molecule has 3 rings (SSSR count). The second kappa shape index (κ2) is 4.33. The van der Waals surface area contributed by atoms with Crippen LogP contribution in [0, 0.1) is 0 Å². The lowest BCUT2D eigenvalue weighted by Gasteiger charge is -2.34. The first-order valence-electron chi connectivity index (χ1n) is 5.06. The topological polar surface area (TPSA) is 78.1 Å². The second-order valence-corrected chi connectivity index (χ2v) is 4.41. The van der Waals surface area contributed by atoms with Gasteiger partial charge in [-0.05, 0) is 43.0 Å². The van der Waals surface area contributed by atoms with Crippen molar-refractivity contribution < 1.29 is 8.94 Å². The fraction of sp³-hybridized carbons (Fsp3) is 0.400. The van der Waals surface area contributed by atoms with Crippen molar-refractivity contribution in [2.75, 3.05) is 0 Å². The number of aromatic nitrogens is 2. The second-order valence-electron chi connectivity index (χ2n) is 4.04. The van der Waals surface area contributed by atoms with Gasteiger partial charge in [0.2, 0.25) is 0 Å². The van der Waals surface area contributed by atoms with Gasteiger partial charge in [0.1, 0.15) is 0 Å². The number of rotatable bonds is 2. The van der Waals surface area contributed by atoms with Crippen molar-refractivity contribution in [2.45, 2.75) is 24.8 Å². The summed E-state index contributed by atoms with van der Waals surface area (Å²) in [6, 6.07) is 3.31. The summed E-state index contributed by atoms with van der Waals surface area (Å²) in [4.78, 5) is 4.23. The molecule has 0 radical (unpaired) electrons. The molecule has 1 aliphatic carbocycles. The fourth-order valence-corrected chi connectivity index (χ4v) is 1.88. The Morgan fingerprint density at radius 1 is 1.35 bits per heavy atom. The van der Waals surface area contributed by atoms with Gasteiger partial charge in [0.25, 0.3) is 5.89 Å². The number of halogens is 2. The molecule has 0 atom stereocenters. The summed E-state index contributed by atoms with van der Waals surface area (Å²) in [5.74, 6) is 1.33. The molecule has 1 fully saturated rings. The summed E-state index contributed by atoms with van der Waals surface area (Å²) in [7, 11) is 0. The predicted molar refractivity (Wildman–Crippen MR) is 64.0 cm³/mol. The fourth-order valence-electron chi connectivity index (χ4n) is 1.74. The van der Waals surface area contributed by atoms with E-state index in [9.17, 15) is 0 Å². The monoisotopic (exact) mass is 275 g/mol. The molecule has 2 aromatic heterocycles. The van der Waals surface area contributed by atoms with Crippen molar-refractivity contribution in [2.24, 2.45) is 5.73 Å². The zero-order valence-corrected chi connectivity index (χ0v) is 10.4. The van der Waals surface area contributed by atoms with Crippen LogP contribution in [0.5, 0.6) is 0 Å². The van der Waals surface area contributed by atoms with Crippen LogP contribution in [0.4, 0.5) is 0 Å². The molecule has 0 spiro atoms. The van der Waals surface area contributed by atoms with Crippen LogP contribution in [0.3, 0.4) is 0 Å². The highest BCUT2D eigenvalue weighted by atomic mass is 35.5. The Morgan fingerprint density at radius 2 is 2.12 bits per heavy atom. The van der Waals surface area contributed by atoms with Crippen molar-refractivity contribution in [1.29, 1.82) is 0 Å². The van der Waals surface area contributed by atoms with Gasteiger partial charge in [-0.15, -0.1) is 12.4 Å². The van der Waals surface area contributed by atoms with Crippen LogP contribution in [-0.2, 0) is 5.54 Å². The van der Waals surface area contributed by atoms with E-state index in [2.05, 4.69) is 10.1 Å². The highest BCUT2D eigenvalue weighted by molar-refractivity contribution is 6.28. The standard InChI is InChI=1S/C10H10ClN3O2.ClH/c11-7-3-2-6(15-7)8-13-9(14-16-8)10(12)4-1-5-10;/h2-3H,1,4-5,12H2;1H. The largest absolute Gasteiger partial charge is 0.440 e. The van der Waals surface area contributed by atoms with Gasteiger partial charge < -0.3 is 14.7 Å². The molecule has 5 nitrogen and oxygen atoms in total. The first-order chi connectivity index (χ1) is 7.67. The lowest BCUT2D eigenvalue weighted by molar-refractivity contribution is 0.229. The van der Waals surface area contributed by atoms with Crippen molar-refractivity contribution in [3.8, 4) is 11.7 Å². The van der Waals surface area contributed by atoms with Crippen molar-refractivity contribution >= 4 is 24.0 Å². The van der Waals surface area contributed by atoms with Crippen LogP contribution < -0.4 is 5.73 Å². The smallest absolute Gasteiger partial charge is 0.293 e. The first-order valence-corrected chi connectivity index (χ1v) is 5.44. The maximum Gasteiger partial charge on any atom is 0.293 e. The van der Waals surface area contributed by atoms with E-state index in [-0.39, 0.29) is 12.4 Å². The highest BCUT2D eigenvalue weighted by Gasteiger charge is 2.39. The van der Waals surface area contributed by atoms with Gasteiger partial charge in [0.15, 0.2) is 16.8 Å². The van der Waals surface area contributed by atoms with E-state index in [1.54, 1.807) is 12.1 Å². The van der Waals surface area contributed by atoms with Crippen molar-refractivity contribution in [3.05, 3.63) is 23.2 Å². The van der Waals surface area contributed by atoms with Crippen LogP contribution in [0.15, 0.2) is 21.1 Å². The van der Waals surface area contributed by atoms with Gasteiger partial charge in [-0.1, -0.05) is 5.16 Å². The summed E-state index contributed by atoms with van der Waals surface area (Å²) < 4.78 is 10.3. The van der Waals surface area contributed by atoms with Gasteiger partial charge in [-0.25, -0.2) is 0 Å². The lowest BCUT2D eigenvalue weighted by atomic mass is 9.77. The summed E-state index contributed by atoms with van der Waals surface area (Å²) in [6.45, 7) is 0. The molecule has 2 heterocycles. The maximum atomic E-state index is 6.08. The van der Waals surface area contributed by atoms with E-state index in [1.807, 2.05) is 0 Å². The zero-order valence-electron chi connectivity index (χ0n) is 8.85. The average Bonchev–Trinajstić information content (AvgIpc) is 2.82. The Kier molecular flexibility index (Phi) is 3.16. The molecule has 0 aromatic carbocycles. The molecule has 2 aromatic rings. The Bertz CT molecular complexity index is 519. The van der Waals surface area contributed by atoms with Crippen LogP contribution in [-0.4, -0.2) is 10.1 Å². The minimum atomic E-state index is -0.419. The van der Waals surface area contributed by atoms with Crippen LogP contribution in [0.2, 0.25) is 5.22 Å². The zero-order chi connectivity index (χ0) is 11.2. The minimum Gasteiger partial charge on any atom is -0.440 e. The number of hydrogen-bond acceptors (Lipinski definition) is 5. The molecule has 0 unspecified atom stereocenters. The van der Waals surface area contributed by atoms with Crippen LogP contribution in [0.25, 0.3) is 11.7 Å². The summed E-state index contributed by atoms with van der Waals surface area (Å²) in [5, 5.41) is 4.17. The molecule has 7 heteroatoms. The predicted octanol–water partition coefficient (Wildman–Crippen LogP) is 2.74. The minimum absolute atomic E-state index is 0. The maximum absolute atomic E-state index is 6.08. The lowest BCUT2D eigenvalue weighted by Crippen LogP contribution is -2.44. The molecule has 17 heavy (non-hydrogen) atoms. The van der Waals surface area contributed by atoms with E-state index in [0.29, 0.717) is 22.7 Å². The van der Waals surface area contributed by atoms with Crippen molar-refractivity contribution in [1.82, 2.24) is 10.1 Å². The number of nitrogens with zero attached hydrogens (tertiary/aromatic N) is 2. The van der Waals surface area contributed by atoms with Gasteiger partial charge in [-0.2, -0.15) is 4.98 Å². The van der Waals surface area contributed by atoms with Gasteiger partial charge >= 0.3 is 0 Å². The molecule has 92 valence electrons. The third kappa shape index (κ3) is 2.06. The molecule has 0 bridgehead atoms. The summed E-state index contributed by atoms with van der Waals surface area (Å²) in [5.41, 5.74) is 5.66. The van der Waals surface area contributed by atoms with E-state index in [0.717, 1.165) is 19.3 Å². The molecule has 0 amide bonds. The number of hydrogen-bond donors (Lipinski definition) is 1. The van der Waals surface area contributed by atoms with E-state index < -0.39 is 5.54 Å². The molecule has 2 N–H and O–H groups in total. The normalized spacial score (nSPS) is 17.3. The quantitative estimate of drug-likeness (QED) is 0.912. The van der Waals surface area contributed by atoms with E-state index in [4.69, 9.17) is 26.3 Å². The Labute approximate surface area is 109 Å². The molecule has 1 saturated carbocycles. The Hall–Kier alpha value is -1.04.